The SMILES string of the molecule is COc1cc(-c2cc(O)c(-c3ncc(N(C4CC4)C4CCCC4F)nn3)cc2F)ccn1. The molecule has 2 saturated carbocycles. The second kappa shape index (κ2) is 8.29. The lowest BCUT2D eigenvalue weighted by atomic mass is 10.0. The van der Waals surface area contributed by atoms with Gasteiger partial charge >= 0.3 is 0 Å². The van der Waals surface area contributed by atoms with Crippen molar-refractivity contribution in [1.29, 1.82) is 0 Å². The van der Waals surface area contributed by atoms with E-state index in [1.165, 1.54) is 31.6 Å². The Labute approximate surface area is 184 Å². The van der Waals surface area contributed by atoms with Crippen molar-refractivity contribution in [2.24, 2.45) is 0 Å². The first kappa shape index (κ1) is 20.5. The molecule has 2 aromatic heterocycles. The van der Waals surface area contributed by atoms with Gasteiger partial charge in [0, 0.05) is 23.9 Å². The molecule has 3 aromatic rings. The fourth-order valence-corrected chi connectivity index (χ4v) is 4.35. The van der Waals surface area contributed by atoms with Gasteiger partial charge in [0.05, 0.1) is 24.9 Å². The fourth-order valence-electron chi connectivity index (χ4n) is 4.35. The molecule has 1 N–H and O–H groups in total. The highest BCUT2D eigenvalue weighted by molar-refractivity contribution is 5.74. The molecular weight excluding hydrogens is 416 g/mol. The summed E-state index contributed by atoms with van der Waals surface area (Å²) in [5, 5.41) is 18.9. The van der Waals surface area contributed by atoms with Gasteiger partial charge in [-0.05, 0) is 55.9 Å². The van der Waals surface area contributed by atoms with Crippen molar-refractivity contribution >= 4 is 5.82 Å². The summed E-state index contributed by atoms with van der Waals surface area (Å²) in [5.41, 5.74) is 0.850. The maximum Gasteiger partial charge on any atom is 0.213 e. The number of aromatic nitrogens is 4. The van der Waals surface area contributed by atoms with Crippen LogP contribution >= 0.6 is 0 Å². The number of hydrogen-bond donors (Lipinski definition) is 1. The summed E-state index contributed by atoms with van der Waals surface area (Å²) in [7, 11) is 1.47. The van der Waals surface area contributed by atoms with Crippen LogP contribution in [-0.2, 0) is 0 Å². The van der Waals surface area contributed by atoms with Gasteiger partial charge in [-0.1, -0.05) is 0 Å². The summed E-state index contributed by atoms with van der Waals surface area (Å²) in [6.45, 7) is 0. The van der Waals surface area contributed by atoms with E-state index in [1.807, 2.05) is 4.90 Å². The van der Waals surface area contributed by atoms with Crippen molar-refractivity contribution in [3.63, 3.8) is 0 Å². The summed E-state index contributed by atoms with van der Waals surface area (Å²) in [6.07, 6.45) is 6.36. The van der Waals surface area contributed by atoms with E-state index in [0.29, 0.717) is 23.7 Å². The maximum atomic E-state index is 14.9. The lowest BCUT2D eigenvalue weighted by Gasteiger charge is -2.30. The average Bonchev–Trinajstić information content (AvgIpc) is 3.56. The van der Waals surface area contributed by atoms with Crippen LogP contribution in [0, 0.1) is 5.82 Å². The normalized spacial score (nSPS) is 20.3. The number of benzene rings is 1. The topological polar surface area (TPSA) is 84.3 Å². The van der Waals surface area contributed by atoms with E-state index in [2.05, 4.69) is 20.2 Å². The van der Waals surface area contributed by atoms with Gasteiger partial charge in [0.2, 0.25) is 5.88 Å². The number of phenols is 1. The Hall–Kier alpha value is -3.36. The first-order valence-electron chi connectivity index (χ1n) is 10.7. The van der Waals surface area contributed by atoms with Gasteiger partial charge in [-0.2, -0.15) is 0 Å². The van der Waals surface area contributed by atoms with Crippen molar-refractivity contribution in [3.05, 3.63) is 42.5 Å². The van der Waals surface area contributed by atoms with Crippen molar-refractivity contribution in [2.45, 2.75) is 50.4 Å². The summed E-state index contributed by atoms with van der Waals surface area (Å²) in [4.78, 5) is 10.3. The highest BCUT2D eigenvalue weighted by atomic mass is 19.1. The van der Waals surface area contributed by atoms with Crippen LogP contribution in [0.1, 0.15) is 32.1 Å². The van der Waals surface area contributed by atoms with Crippen LogP contribution in [0.4, 0.5) is 14.6 Å². The molecule has 2 aliphatic rings. The minimum Gasteiger partial charge on any atom is -0.507 e. The Morgan fingerprint density at radius 3 is 2.56 bits per heavy atom. The third-order valence-electron chi connectivity index (χ3n) is 6.09. The molecule has 0 spiro atoms. The molecule has 0 radical (unpaired) electrons. The molecule has 166 valence electrons. The second-order valence-electron chi connectivity index (χ2n) is 8.23. The van der Waals surface area contributed by atoms with E-state index in [4.69, 9.17) is 4.74 Å². The molecule has 2 heterocycles. The molecule has 1 aromatic carbocycles. The Balaban J connectivity index is 1.44. The Morgan fingerprint density at radius 2 is 1.91 bits per heavy atom. The molecule has 0 bridgehead atoms. The van der Waals surface area contributed by atoms with Crippen LogP contribution in [0.3, 0.4) is 0 Å². The van der Waals surface area contributed by atoms with E-state index in [0.717, 1.165) is 25.7 Å². The summed E-state index contributed by atoms with van der Waals surface area (Å²) in [6, 6.07) is 5.77. The standard InChI is InChI=1S/C23H23F2N5O2/c1-32-22-9-13(7-8-26-22)15-11-20(31)16(10-18(15)25)23-27-12-21(28-29-23)30(14-5-6-14)19-4-2-3-17(19)24/h7-12,14,17,19,31H,2-6H2,1H3. The average molecular weight is 439 g/mol. The Morgan fingerprint density at radius 1 is 1.06 bits per heavy atom. The number of rotatable bonds is 6. The maximum absolute atomic E-state index is 14.9. The third-order valence-corrected chi connectivity index (χ3v) is 6.09. The second-order valence-corrected chi connectivity index (χ2v) is 8.23. The van der Waals surface area contributed by atoms with Crippen LogP contribution in [0.5, 0.6) is 11.6 Å². The number of nitrogens with zero attached hydrogens (tertiary/aromatic N) is 5. The molecule has 2 unspecified atom stereocenters. The summed E-state index contributed by atoms with van der Waals surface area (Å²) in [5.74, 6) is 0.232. The van der Waals surface area contributed by atoms with Gasteiger partial charge in [-0.25, -0.2) is 18.7 Å². The van der Waals surface area contributed by atoms with Crippen molar-refractivity contribution < 1.29 is 18.6 Å². The molecule has 2 fully saturated rings. The van der Waals surface area contributed by atoms with E-state index in [9.17, 15) is 13.9 Å². The zero-order valence-electron chi connectivity index (χ0n) is 17.6. The smallest absolute Gasteiger partial charge is 0.213 e. The zero-order chi connectivity index (χ0) is 22.2. The molecule has 2 aliphatic carbocycles. The number of aromatic hydroxyl groups is 1. The van der Waals surface area contributed by atoms with Crippen LogP contribution in [-0.4, -0.2) is 50.6 Å². The first-order chi connectivity index (χ1) is 15.5. The van der Waals surface area contributed by atoms with Crippen LogP contribution in [0.25, 0.3) is 22.5 Å². The quantitative estimate of drug-likeness (QED) is 0.613. The minimum atomic E-state index is -0.880. The predicted molar refractivity (Wildman–Crippen MR) is 115 cm³/mol. The van der Waals surface area contributed by atoms with Gasteiger partial charge in [0.15, 0.2) is 11.6 Å². The van der Waals surface area contributed by atoms with Crippen LogP contribution in [0.2, 0.25) is 0 Å². The number of anilines is 1. The highest BCUT2D eigenvalue weighted by Crippen LogP contribution is 2.39. The largest absolute Gasteiger partial charge is 0.507 e. The number of ether oxygens (including phenoxy) is 1. The molecule has 0 saturated heterocycles. The summed E-state index contributed by atoms with van der Waals surface area (Å²) < 4.78 is 34.4. The van der Waals surface area contributed by atoms with Gasteiger partial charge < -0.3 is 14.7 Å². The predicted octanol–water partition coefficient (Wildman–Crippen LogP) is 4.31. The molecule has 32 heavy (non-hydrogen) atoms. The highest BCUT2D eigenvalue weighted by Gasteiger charge is 2.41. The number of alkyl halides is 1. The van der Waals surface area contributed by atoms with E-state index in [-0.39, 0.29) is 34.8 Å². The number of phenolic OH excluding ortho intramolecular Hbond substituents is 1. The summed E-state index contributed by atoms with van der Waals surface area (Å²) >= 11 is 0. The Bertz CT molecular complexity index is 1120. The number of pyridine rings is 1. The zero-order valence-corrected chi connectivity index (χ0v) is 17.6. The molecule has 7 nitrogen and oxygen atoms in total. The first-order valence-corrected chi connectivity index (χ1v) is 10.7. The molecule has 9 heteroatoms. The number of hydrogen-bond acceptors (Lipinski definition) is 7. The lowest BCUT2D eigenvalue weighted by molar-refractivity contribution is 0.299. The number of methoxy groups -OCH3 is 1. The van der Waals surface area contributed by atoms with E-state index < -0.39 is 12.0 Å². The molecule has 0 aliphatic heterocycles. The molecule has 5 rings (SSSR count). The van der Waals surface area contributed by atoms with Gasteiger partial charge in [0.25, 0.3) is 0 Å². The van der Waals surface area contributed by atoms with Crippen molar-refractivity contribution in [3.8, 4) is 34.1 Å². The van der Waals surface area contributed by atoms with Gasteiger partial charge in [-0.15, -0.1) is 10.2 Å². The fraction of sp³-hybridized carbons (Fsp3) is 0.391. The number of halogens is 2. The minimum absolute atomic E-state index is 0.1000. The molecule has 2 atom stereocenters. The van der Waals surface area contributed by atoms with Crippen molar-refractivity contribution in [1.82, 2.24) is 20.2 Å². The third kappa shape index (κ3) is 3.83. The van der Waals surface area contributed by atoms with E-state index >= 15 is 0 Å². The van der Waals surface area contributed by atoms with Gasteiger partial charge in [0.1, 0.15) is 17.7 Å². The van der Waals surface area contributed by atoms with E-state index in [1.54, 1.807) is 12.1 Å². The monoisotopic (exact) mass is 439 g/mol. The van der Waals surface area contributed by atoms with Crippen LogP contribution < -0.4 is 9.64 Å². The molecule has 0 amide bonds. The Kier molecular flexibility index (Phi) is 5.32. The van der Waals surface area contributed by atoms with Crippen LogP contribution in [0.15, 0.2) is 36.7 Å². The lowest BCUT2D eigenvalue weighted by Crippen LogP contribution is -2.41. The van der Waals surface area contributed by atoms with Crippen molar-refractivity contribution in [2.75, 3.05) is 12.0 Å². The molecular formula is C23H23F2N5O2. The van der Waals surface area contributed by atoms with Gasteiger partial charge in [-0.3, -0.25) is 0 Å².